The smallest absolute Gasteiger partial charge is 0.185 e. The first kappa shape index (κ1) is 12.7. The molecule has 2 aromatic rings. The number of hydrogen-bond donors (Lipinski definition) is 0. The van der Waals surface area contributed by atoms with Crippen molar-refractivity contribution in [3.63, 3.8) is 0 Å². The summed E-state index contributed by atoms with van der Waals surface area (Å²) in [5, 5.41) is 7.55. The number of rotatable bonds is 1. The molecule has 106 valence electrons. The van der Waals surface area contributed by atoms with Gasteiger partial charge >= 0.3 is 0 Å². The lowest BCUT2D eigenvalue weighted by atomic mass is 9.97. The molecule has 0 aliphatic carbocycles. The van der Waals surface area contributed by atoms with Crippen LogP contribution in [-0.4, -0.2) is 16.9 Å². The van der Waals surface area contributed by atoms with Crippen molar-refractivity contribution >= 4 is 17.3 Å². The first-order chi connectivity index (χ1) is 10.2. The zero-order chi connectivity index (χ0) is 14.4. The van der Waals surface area contributed by atoms with E-state index in [2.05, 4.69) is 12.1 Å². The van der Waals surface area contributed by atoms with Crippen LogP contribution in [0.15, 0.2) is 53.6 Å². The van der Waals surface area contributed by atoms with E-state index in [1.807, 2.05) is 48.3 Å². The van der Waals surface area contributed by atoms with Crippen LogP contribution < -0.4 is 4.74 Å². The number of hydrazone groups is 1. The zero-order valence-corrected chi connectivity index (χ0v) is 12.4. The molecule has 3 nitrogen and oxygen atoms in total. The highest BCUT2D eigenvalue weighted by molar-refractivity contribution is 6.30. The van der Waals surface area contributed by atoms with Crippen molar-refractivity contribution in [3.8, 4) is 5.75 Å². The minimum atomic E-state index is -0.0649. The number of hydrogen-bond acceptors (Lipinski definition) is 3. The van der Waals surface area contributed by atoms with E-state index in [0.717, 1.165) is 28.5 Å². The maximum absolute atomic E-state index is 6.15. The first-order valence-electron chi connectivity index (χ1n) is 7.10. The molecule has 0 spiro atoms. The Kier molecular flexibility index (Phi) is 2.89. The third-order valence-electron chi connectivity index (χ3n) is 4.05. The monoisotopic (exact) mass is 298 g/mol. The Morgan fingerprint density at radius 1 is 1.19 bits per heavy atom. The lowest BCUT2D eigenvalue weighted by molar-refractivity contribution is -0.00334. The molecule has 4 rings (SSSR count). The molecule has 2 aromatic carbocycles. The number of ether oxygens (including phenoxy) is 1. The zero-order valence-electron chi connectivity index (χ0n) is 11.7. The quantitative estimate of drug-likeness (QED) is 0.787. The second-order valence-electron chi connectivity index (χ2n) is 5.41. The molecule has 0 unspecified atom stereocenters. The van der Waals surface area contributed by atoms with Gasteiger partial charge < -0.3 is 4.74 Å². The summed E-state index contributed by atoms with van der Waals surface area (Å²) in [5.74, 6) is 0.915. The van der Waals surface area contributed by atoms with Gasteiger partial charge in [-0.3, -0.25) is 5.01 Å². The second kappa shape index (κ2) is 4.78. The Morgan fingerprint density at radius 2 is 2.00 bits per heavy atom. The van der Waals surface area contributed by atoms with Crippen molar-refractivity contribution in [2.24, 2.45) is 5.10 Å². The van der Waals surface area contributed by atoms with Crippen LogP contribution in [0.2, 0.25) is 5.02 Å². The van der Waals surface area contributed by atoms with E-state index < -0.39 is 0 Å². The number of benzene rings is 2. The van der Waals surface area contributed by atoms with Crippen molar-refractivity contribution in [2.75, 3.05) is 0 Å². The summed E-state index contributed by atoms with van der Waals surface area (Å²) in [6, 6.07) is 16.3. The highest BCUT2D eigenvalue weighted by Gasteiger charge is 2.38. The van der Waals surface area contributed by atoms with Crippen LogP contribution in [0.5, 0.6) is 5.75 Å². The number of halogens is 1. The van der Waals surface area contributed by atoms with E-state index in [-0.39, 0.29) is 12.3 Å². The number of fused-ring (bicyclic) bond motifs is 3. The molecule has 2 aliphatic heterocycles. The van der Waals surface area contributed by atoms with Crippen LogP contribution in [0.1, 0.15) is 30.5 Å². The highest BCUT2D eigenvalue weighted by atomic mass is 35.5. The van der Waals surface area contributed by atoms with E-state index in [4.69, 9.17) is 21.4 Å². The van der Waals surface area contributed by atoms with Crippen molar-refractivity contribution in [1.82, 2.24) is 5.01 Å². The Bertz CT molecular complexity index is 714. The van der Waals surface area contributed by atoms with E-state index in [1.165, 1.54) is 5.56 Å². The summed E-state index contributed by atoms with van der Waals surface area (Å²) in [5.41, 5.74) is 3.39. The topological polar surface area (TPSA) is 24.8 Å². The van der Waals surface area contributed by atoms with Crippen LogP contribution in [0, 0.1) is 0 Å². The summed E-state index contributed by atoms with van der Waals surface area (Å²) >= 11 is 6.15. The van der Waals surface area contributed by atoms with Crippen molar-refractivity contribution in [2.45, 2.75) is 25.6 Å². The Hall–Kier alpha value is -2.00. The molecule has 0 radical (unpaired) electrons. The third-order valence-corrected chi connectivity index (χ3v) is 4.29. The lowest BCUT2D eigenvalue weighted by Gasteiger charge is -2.36. The summed E-state index contributed by atoms with van der Waals surface area (Å²) in [6.07, 6.45) is 0.815. The lowest BCUT2D eigenvalue weighted by Crippen LogP contribution is -2.37. The van der Waals surface area contributed by atoms with Gasteiger partial charge in [0.1, 0.15) is 5.75 Å². The standard InChI is InChI=1S/C17H15ClN2O/c1-11-20-16(14-9-13(18)7-8-17(14)21-11)10-15(19-20)12-5-3-2-4-6-12/h2-9,11,16H,10H2,1H3/t11-,16+/m1/s1. The molecule has 0 aromatic heterocycles. The minimum Gasteiger partial charge on any atom is -0.469 e. The summed E-state index contributed by atoms with van der Waals surface area (Å²) in [7, 11) is 0. The average Bonchev–Trinajstić information content (AvgIpc) is 2.95. The SMILES string of the molecule is C[C@H]1Oc2ccc(Cl)cc2[C@@H]2CC(c3ccccc3)=NN12. The largest absolute Gasteiger partial charge is 0.469 e. The molecule has 0 fully saturated rings. The summed E-state index contributed by atoms with van der Waals surface area (Å²) in [6.45, 7) is 2.03. The summed E-state index contributed by atoms with van der Waals surface area (Å²) in [4.78, 5) is 0. The van der Waals surface area contributed by atoms with E-state index >= 15 is 0 Å². The van der Waals surface area contributed by atoms with E-state index in [9.17, 15) is 0 Å². The summed E-state index contributed by atoms with van der Waals surface area (Å²) < 4.78 is 5.95. The van der Waals surface area contributed by atoms with Gasteiger partial charge in [-0.15, -0.1) is 0 Å². The molecule has 2 atom stereocenters. The molecule has 21 heavy (non-hydrogen) atoms. The predicted molar refractivity (Wildman–Crippen MR) is 83.7 cm³/mol. The second-order valence-corrected chi connectivity index (χ2v) is 5.85. The Balaban J connectivity index is 1.74. The van der Waals surface area contributed by atoms with E-state index in [1.54, 1.807) is 0 Å². The van der Waals surface area contributed by atoms with E-state index in [0.29, 0.717) is 0 Å². The van der Waals surface area contributed by atoms with Gasteiger partial charge in [-0.1, -0.05) is 41.9 Å². The molecule has 0 N–H and O–H groups in total. The van der Waals surface area contributed by atoms with Gasteiger partial charge in [0.2, 0.25) is 0 Å². The molecular formula is C17H15ClN2O. The van der Waals surface area contributed by atoms with Crippen molar-refractivity contribution < 1.29 is 4.74 Å². The Morgan fingerprint density at radius 3 is 2.81 bits per heavy atom. The van der Waals surface area contributed by atoms with Crippen LogP contribution in [-0.2, 0) is 0 Å². The minimum absolute atomic E-state index is 0.0649. The Labute approximate surface area is 128 Å². The average molecular weight is 299 g/mol. The maximum atomic E-state index is 6.15. The van der Waals surface area contributed by atoms with Gasteiger partial charge in [0, 0.05) is 17.0 Å². The van der Waals surface area contributed by atoms with Crippen LogP contribution in [0.3, 0.4) is 0 Å². The van der Waals surface area contributed by atoms with Gasteiger partial charge in [0.05, 0.1) is 11.8 Å². The molecule has 2 heterocycles. The molecule has 0 bridgehead atoms. The third kappa shape index (κ3) is 2.09. The highest BCUT2D eigenvalue weighted by Crippen LogP contribution is 2.43. The normalized spacial score (nSPS) is 23.1. The predicted octanol–water partition coefficient (Wildman–Crippen LogP) is 4.23. The molecular weight excluding hydrogens is 284 g/mol. The fourth-order valence-electron chi connectivity index (χ4n) is 3.04. The fraction of sp³-hybridized carbons (Fsp3) is 0.235. The molecule has 0 amide bonds. The van der Waals surface area contributed by atoms with Gasteiger partial charge in [-0.25, -0.2) is 0 Å². The molecule has 4 heteroatoms. The van der Waals surface area contributed by atoms with Gasteiger partial charge in [-0.2, -0.15) is 5.10 Å². The first-order valence-corrected chi connectivity index (χ1v) is 7.47. The number of nitrogens with zero attached hydrogens (tertiary/aromatic N) is 2. The van der Waals surface area contributed by atoms with Gasteiger partial charge in [0.25, 0.3) is 0 Å². The molecule has 2 aliphatic rings. The van der Waals surface area contributed by atoms with Gasteiger partial charge in [-0.05, 0) is 30.7 Å². The maximum Gasteiger partial charge on any atom is 0.185 e. The van der Waals surface area contributed by atoms with Gasteiger partial charge in [0.15, 0.2) is 6.23 Å². The molecule has 0 saturated heterocycles. The molecule has 0 saturated carbocycles. The van der Waals surface area contributed by atoms with Crippen LogP contribution >= 0.6 is 11.6 Å². The fourth-order valence-corrected chi connectivity index (χ4v) is 3.23. The van der Waals surface area contributed by atoms with Crippen molar-refractivity contribution in [1.29, 1.82) is 0 Å². The van der Waals surface area contributed by atoms with Crippen molar-refractivity contribution in [3.05, 3.63) is 64.7 Å². The van der Waals surface area contributed by atoms with Crippen LogP contribution in [0.25, 0.3) is 0 Å². The van der Waals surface area contributed by atoms with Crippen LogP contribution in [0.4, 0.5) is 0 Å².